The van der Waals surface area contributed by atoms with Gasteiger partial charge in [-0.05, 0) is 12.1 Å². The van der Waals surface area contributed by atoms with Gasteiger partial charge in [0.25, 0.3) is 0 Å². The van der Waals surface area contributed by atoms with Gasteiger partial charge < -0.3 is 15.6 Å². The summed E-state index contributed by atoms with van der Waals surface area (Å²) in [6.45, 7) is 0.599. The van der Waals surface area contributed by atoms with Gasteiger partial charge in [0.15, 0.2) is 0 Å². The van der Waals surface area contributed by atoms with Crippen LogP contribution < -0.4 is 10.6 Å². The fourth-order valence-electron chi connectivity index (χ4n) is 2.14. The zero-order chi connectivity index (χ0) is 12.0. The molecule has 1 atom stereocenters. The predicted octanol–water partition coefficient (Wildman–Crippen LogP) is 1.18. The minimum atomic E-state index is 0.0617. The lowest BCUT2D eigenvalue weighted by Crippen LogP contribution is -2.25. The molecule has 88 valence electrons. The summed E-state index contributed by atoms with van der Waals surface area (Å²) in [6, 6.07) is 3.64. The Labute approximate surface area is 103 Å². The first-order valence-corrected chi connectivity index (χ1v) is 5.88. The van der Waals surface area contributed by atoms with Crippen LogP contribution in [0.5, 0.6) is 0 Å². The summed E-state index contributed by atoms with van der Waals surface area (Å²) >= 11 is 4.33. The van der Waals surface area contributed by atoms with Crippen LogP contribution in [-0.4, -0.2) is 27.7 Å². The van der Waals surface area contributed by atoms with E-state index in [-0.39, 0.29) is 11.2 Å². The number of imidazole rings is 1. The number of thiol groups is 1. The van der Waals surface area contributed by atoms with Crippen molar-refractivity contribution in [3.63, 3.8) is 0 Å². The zero-order valence-electron chi connectivity index (χ0n) is 9.05. The maximum Gasteiger partial charge on any atom is 0.228 e. The van der Waals surface area contributed by atoms with Crippen molar-refractivity contribution in [2.45, 2.75) is 11.7 Å². The second kappa shape index (κ2) is 3.66. The van der Waals surface area contributed by atoms with Crippen LogP contribution >= 0.6 is 12.6 Å². The summed E-state index contributed by atoms with van der Waals surface area (Å²) in [4.78, 5) is 20.6. The number of amides is 1. The minimum Gasteiger partial charge on any atom is -0.397 e. The van der Waals surface area contributed by atoms with Gasteiger partial charge >= 0.3 is 0 Å². The van der Waals surface area contributed by atoms with Crippen LogP contribution in [0.3, 0.4) is 0 Å². The van der Waals surface area contributed by atoms with Crippen LogP contribution in [0.4, 0.5) is 11.4 Å². The highest BCUT2D eigenvalue weighted by atomic mass is 32.1. The van der Waals surface area contributed by atoms with Crippen molar-refractivity contribution in [2.24, 2.45) is 0 Å². The van der Waals surface area contributed by atoms with E-state index in [1.54, 1.807) is 17.3 Å². The molecule has 2 heterocycles. The number of benzene rings is 1. The van der Waals surface area contributed by atoms with Crippen molar-refractivity contribution in [1.82, 2.24) is 9.97 Å². The molecular weight excluding hydrogens is 236 g/mol. The molecule has 0 radical (unpaired) electrons. The quantitative estimate of drug-likeness (QED) is 0.524. The van der Waals surface area contributed by atoms with Crippen LogP contribution in [-0.2, 0) is 4.79 Å². The maximum atomic E-state index is 11.8. The Balaban J connectivity index is 2.10. The summed E-state index contributed by atoms with van der Waals surface area (Å²) < 4.78 is 0. The molecule has 1 saturated heterocycles. The van der Waals surface area contributed by atoms with Gasteiger partial charge in [-0.3, -0.25) is 4.79 Å². The molecule has 1 aliphatic rings. The molecule has 17 heavy (non-hydrogen) atoms. The number of nitrogens with zero attached hydrogens (tertiary/aromatic N) is 2. The van der Waals surface area contributed by atoms with Crippen molar-refractivity contribution in [1.29, 1.82) is 0 Å². The van der Waals surface area contributed by atoms with Gasteiger partial charge in [-0.1, -0.05) is 0 Å². The summed E-state index contributed by atoms with van der Waals surface area (Å²) in [5.74, 6) is 0.0617. The van der Waals surface area contributed by atoms with E-state index in [2.05, 4.69) is 22.6 Å². The second-order valence-corrected chi connectivity index (χ2v) is 4.92. The number of aromatic amines is 1. The number of aromatic nitrogens is 2. The number of carbonyl (C=O) groups excluding carboxylic acids is 1. The molecule has 0 aliphatic carbocycles. The van der Waals surface area contributed by atoms with E-state index in [9.17, 15) is 4.79 Å². The molecule has 1 aromatic heterocycles. The number of nitrogen functional groups attached to an aromatic ring is 1. The fourth-order valence-corrected chi connectivity index (χ4v) is 2.46. The molecular formula is C11H12N4OS. The Morgan fingerprint density at radius 2 is 2.35 bits per heavy atom. The first-order chi connectivity index (χ1) is 8.15. The van der Waals surface area contributed by atoms with Crippen molar-refractivity contribution in [2.75, 3.05) is 17.2 Å². The lowest BCUT2D eigenvalue weighted by atomic mass is 10.2. The monoisotopic (exact) mass is 248 g/mol. The van der Waals surface area contributed by atoms with Crippen molar-refractivity contribution in [3.8, 4) is 0 Å². The predicted molar refractivity (Wildman–Crippen MR) is 70.3 cm³/mol. The average molecular weight is 248 g/mol. The number of nitrogens with two attached hydrogens (primary N) is 1. The Kier molecular flexibility index (Phi) is 2.25. The Hall–Kier alpha value is -1.69. The van der Waals surface area contributed by atoms with E-state index in [0.29, 0.717) is 18.7 Å². The summed E-state index contributed by atoms with van der Waals surface area (Å²) in [6.07, 6.45) is 2.07. The SMILES string of the molecule is Nc1cc2[nH]cnc2cc1N1CC(S)CC1=O. The third kappa shape index (κ3) is 1.64. The van der Waals surface area contributed by atoms with E-state index in [4.69, 9.17) is 5.73 Å². The Morgan fingerprint density at radius 3 is 3.06 bits per heavy atom. The van der Waals surface area contributed by atoms with Crippen LogP contribution in [0, 0.1) is 0 Å². The standard InChI is InChI=1S/C11H12N4OS/c12-7-2-8-9(14-5-13-8)3-10(7)15-4-6(17)1-11(15)16/h2-3,5-6,17H,1,4,12H2,(H,13,14). The molecule has 6 heteroatoms. The molecule has 2 aromatic rings. The van der Waals surface area contributed by atoms with Crippen LogP contribution in [0.2, 0.25) is 0 Å². The normalized spacial score (nSPS) is 20.4. The van der Waals surface area contributed by atoms with Crippen molar-refractivity contribution in [3.05, 3.63) is 18.5 Å². The molecule has 1 aromatic carbocycles. The first-order valence-electron chi connectivity index (χ1n) is 5.36. The second-order valence-electron chi connectivity index (χ2n) is 4.19. The molecule has 1 amide bonds. The molecule has 3 rings (SSSR count). The lowest BCUT2D eigenvalue weighted by Gasteiger charge is -2.18. The van der Waals surface area contributed by atoms with Gasteiger partial charge in [-0.2, -0.15) is 12.6 Å². The highest BCUT2D eigenvalue weighted by molar-refractivity contribution is 7.81. The molecule has 1 unspecified atom stereocenters. The third-order valence-corrected chi connectivity index (χ3v) is 3.31. The van der Waals surface area contributed by atoms with Gasteiger partial charge in [0.1, 0.15) is 0 Å². The molecule has 5 nitrogen and oxygen atoms in total. The van der Waals surface area contributed by atoms with Gasteiger partial charge in [-0.25, -0.2) is 4.98 Å². The van der Waals surface area contributed by atoms with Gasteiger partial charge in [0.2, 0.25) is 5.91 Å². The number of H-pyrrole nitrogens is 1. The van der Waals surface area contributed by atoms with Crippen LogP contribution in [0.1, 0.15) is 6.42 Å². The maximum absolute atomic E-state index is 11.8. The van der Waals surface area contributed by atoms with E-state index in [1.807, 2.05) is 6.07 Å². The number of anilines is 2. The fraction of sp³-hybridized carbons (Fsp3) is 0.273. The van der Waals surface area contributed by atoms with Gasteiger partial charge in [-0.15, -0.1) is 0 Å². The van der Waals surface area contributed by atoms with E-state index in [0.717, 1.165) is 16.7 Å². The molecule has 0 bridgehead atoms. The highest BCUT2D eigenvalue weighted by Crippen LogP contribution is 2.31. The topological polar surface area (TPSA) is 75.0 Å². The number of hydrogen-bond acceptors (Lipinski definition) is 4. The van der Waals surface area contributed by atoms with Crippen molar-refractivity contribution >= 4 is 40.9 Å². The van der Waals surface area contributed by atoms with Crippen molar-refractivity contribution < 1.29 is 4.79 Å². The molecule has 3 N–H and O–H groups in total. The first kappa shape index (κ1) is 10.5. The number of fused-ring (bicyclic) bond motifs is 1. The average Bonchev–Trinajstić information content (AvgIpc) is 2.83. The largest absolute Gasteiger partial charge is 0.397 e. The van der Waals surface area contributed by atoms with Crippen LogP contribution in [0.25, 0.3) is 11.0 Å². The molecule has 1 fully saturated rings. The Bertz CT molecular complexity index is 594. The molecule has 1 aliphatic heterocycles. The van der Waals surface area contributed by atoms with E-state index in [1.165, 1.54) is 0 Å². The number of rotatable bonds is 1. The minimum absolute atomic E-state index is 0.0617. The third-order valence-electron chi connectivity index (χ3n) is 2.96. The summed E-state index contributed by atoms with van der Waals surface area (Å²) in [5.41, 5.74) is 8.96. The molecule has 0 spiro atoms. The smallest absolute Gasteiger partial charge is 0.228 e. The van der Waals surface area contributed by atoms with Gasteiger partial charge in [0, 0.05) is 18.2 Å². The summed E-state index contributed by atoms with van der Waals surface area (Å²) in [7, 11) is 0. The number of nitrogens with one attached hydrogen (secondary N) is 1. The zero-order valence-corrected chi connectivity index (χ0v) is 9.95. The number of hydrogen-bond donors (Lipinski definition) is 3. The van der Waals surface area contributed by atoms with E-state index >= 15 is 0 Å². The molecule has 0 saturated carbocycles. The van der Waals surface area contributed by atoms with Gasteiger partial charge in [0.05, 0.1) is 28.7 Å². The summed E-state index contributed by atoms with van der Waals surface area (Å²) in [5, 5.41) is 0.0804. The van der Waals surface area contributed by atoms with E-state index < -0.39 is 0 Å². The Morgan fingerprint density at radius 1 is 1.53 bits per heavy atom. The van der Waals surface area contributed by atoms with Crippen LogP contribution in [0.15, 0.2) is 18.5 Å². The lowest BCUT2D eigenvalue weighted by molar-refractivity contribution is -0.117. The highest BCUT2D eigenvalue weighted by Gasteiger charge is 2.29. The number of carbonyl (C=O) groups is 1.